The molecule has 3 aromatic carbocycles. The molecule has 2 aliphatic rings. The van der Waals surface area contributed by atoms with Gasteiger partial charge >= 0.3 is 0 Å². The summed E-state index contributed by atoms with van der Waals surface area (Å²) in [6, 6.07) is 21.2. The molecule has 0 unspecified atom stereocenters. The molecule has 276 valence electrons. The molecular formula is C43H40N2O9. The summed E-state index contributed by atoms with van der Waals surface area (Å²) < 4.78 is 29.8. The van der Waals surface area contributed by atoms with Gasteiger partial charge in [-0.25, -0.2) is 4.98 Å². The van der Waals surface area contributed by atoms with Crippen molar-refractivity contribution in [2.45, 2.75) is 65.4 Å². The van der Waals surface area contributed by atoms with Crippen LogP contribution in [-0.2, 0) is 36.6 Å². The quantitative estimate of drug-likeness (QED) is 0.170. The first-order valence-corrected chi connectivity index (χ1v) is 17.9. The van der Waals surface area contributed by atoms with Crippen LogP contribution in [0.4, 0.5) is 0 Å². The zero-order valence-corrected chi connectivity index (χ0v) is 30.7. The number of hydrogen-bond donors (Lipinski definition) is 2. The maximum Gasteiger partial charge on any atom is 0.254 e. The number of aryl methyl sites for hydroxylation is 2. The highest BCUT2D eigenvalue weighted by atomic mass is 16.5. The number of pyridine rings is 2. The number of hydrogen-bond acceptors (Lipinski definition) is 10. The van der Waals surface area contributed by atoms with E-state index in [-0.39, 0.29) is 37.4 Å². The SMILES string of the molecule is CC[C@@]1(O)C(=O)CCc2c1cc1n(c2=O)Cc2cc3cc(OCc4cc5cc(C)cc(OC)c5o4)ccc3nc2-1.COc1cc(C)cc2cc(CO)oc12. The minimum absolute atomic E-state index is 0.0864. The topological polar surface area (TPSA) is 146 Å². The first-order chi connectivity index (χ1) is 26.0. The Kier molecular flexibility index (Phi) is 8.78. The second-order valence-corrected chi connectivity index (χ2v) is 13.9. The Hall–Kier alpha value is -5.91. The summed E-state index contributed by atoms with van der Waals surface area (Å²) in [6.45, 7) is 6.34. The molecule has 0 radical (unpaired) electrons. The summed E-state index contributed by atoms with van der Waals surface area (Å²) in [5, 5.41) is 22.9. The van der Waals surface area contributed by atoms with Crippen molar-refractivity contribution in [3.05, 3.63) is 116 Å². The first-order valence-electron chi connectivity index (χ1n) is 17.9. The molecule has 1 aliphatic carbocycles. The number of carbonyl (C=O) groups is 1. The van der Waals surface area contributed by atoms with Crippen LogP contribution in [0.5, 0.6) is 17.2 Å². The highest BCUT2D eigenvalue weighted by Crippen LogP contribution is 2.40. The van der Waals surface area contributed by atoms with Crippen LogP contribution < -0.4 is 19.8 Å². The van der Waals surface area contributed by atoms with E-state index in [1.54, 1.807) is 31.8 Å². The predicted octanol–water partition coefficient (Wildman–Crippen LogP) is 7.42. The predicted molar refractivity (Wildman–Crippen MR) is 203 cm³/mol. The molecule has 5 heterocycles. The van der Waals surface area contributed by atoms with Gasteiger partial charge in [-0.2, -0.15) is 0 Å². The summed E-state index contributed by atoms with van der Waals surface area (Å²) >= 11 is 0. The Balaban J connectivity index is 0.000000248. The molecule has 0 bridgehead atoms. The number of methoxy groups -OCH3 is 2. The Bertz CT molecular complexity index is 2680. The van der Waals surface area contributed by atoms with E-state index in [1.807, 2.05) is 74.5 Å². The number of ketones is 1. The minimum atomic E-state index is -1.63. The van der Waals surface area contributed by atoms with E-state index in [0.717, 1.165) is 38.4 Å². The fourth-order valence-electron chi connectivity index (χ4n) is 7.68. The van der Waals surface area contributed by atoms with E-state index in [9.17, 15) is 14.7 Å². The number of Topliss-reactive ketones (excluding diaryl/α,β-unsaturated/α-hetero) is 1. The van der Waals surface area contributed by atoms with Gasteiger partial charge in [0.15, 0.2) is 28.4 Å². The number of carbonyl (C=O) groups excluding carboxylic acids is 1. The molecule has 11 nitrogen and oxygen atoms in total. The van der Waals surface area contributed by atoms with Gasteiger partial charge < -0.3 is 37.8 Å². The van der Waals surface area contributed by atoms with Gasteiger partial charge in [-0.05, 0) is 105 Å². The van der Waals surface area contributed by atoms with E-state index in [0.29, 0.717) is 75.4 Å². The van der Waals surface area contributed by atoms with Crippen LogP contribution in [0.1, 0.15) is 59.1 Å². The number of rotatable bonds is 7. The van der Waals surface area contributed by atoms with Gasteiger partial charge in [-0.3, -0.25) is 9.59 Å². The van der Waals surface area contributed by atoms with Gasteiger partial charge in [0.2, 0.25) is 0 Å². The van der Waals surface area contributed by atoms with Gasteiger partial charge in [-0.15, -0.1) is 0 Å². The number of aliphatic hydroxyl groups is 2. The summed E-state index contributed by atoms with van der Waals surface area (Å²) in [6.07, 6.45) is 0.744. The van der Waals surface area contributed by atoms with E-state index >= 15 is 0 Å². The van der Waals surface area contributed by atoms with Crippen LogP contribution in [0.2, 0.25) is 0 Å². The highest BCUT2D eigenvalue weighted by Gasteiger charge is 2.43. The minimum Gasteiger partial charge on any atom is -0.493 e. The fraction of sp³-hybridized carbons (Fsp3) is 0.279. The van der Waals surface area contributed by atoms with Crippen LogP contribution >= 0.6 is 0 Å². The number of benzene rings is 3. The average Bonchev–Trinajstić information content (AvgIpc) is 3.89. The van der Waals surface area contributed by atoms with Gasteiger partial charge in [-0.1, -0.05) is 6.92 Å². The Morgan fingerprint density at radius 2 is 1.50 bits per heavy atom. The lowest BCUT2D eigenvalue weighted by molar-refractivity contribution is -0.140. The molecule has 9 rings (SSSR count). The highest BCUT2D eigenvalue weighted by molar-refractivity contribution is 5.91. The summed E-state index contributed by atoms with van der Waals surface area (Å²) in [5.74, 6) is 3.09. The molecule has 0 saturated carbocycles. The number of ether oxygens (including phenoxy) is 3. The zero-order valence-electron chi connectivity index (χ0n) is 30.7. The van der Waals surface area contributed by atoms with Crippen LogP contribution in [0.3, 0.4) is 0 Å². The van der Waals surface area contributed by atoms with Crippen molar-refractivity contribution < 1.29 is 38.1 Å². The van der Waals surface area contributed by atoms with E-state index < -0.39 is 5.60 Å². The van der Waals surface area contributed by atoms with Crippen molar-refractivity contribution in [1.82, 2.24) is 9.55 Å². The standard InChI is InChI=1S/C32H28N2O6.C11H12O3/c1-4-32(37)24-14-26-29-20(15-34(26)31(36)23(24)6-8-28(32)35)11-18-12-21(5-7-25(18)33-29)39-16-22-13-19-9-17(2)10-27(38-3)30(19)40-22;1-7-3-8-5-9(6-12)14-11(8)10(4-7)13-2/h5,7,9-14,37H,4,6,8,15-16H2,1-3H3;3-5,12H,6H2,1-2H3/t32-;/m0./s1. The molecule has 0 amide bonds. The van der Waals surface area contributed by atoms with Crippen molar-refractivity contribution in [3.63, 3.8) is 0 Å². The maximum absolute atomic E-state index is 13.5. The number of fused-ring (bicyclic) bond motifs is 7. The summed E-state index contributed by atoms with van der Waals surface area (Å²) in [7, 11) is 3.23. The van der Waals surface area contributed by atoms with Gasteiger partial charge in [0.1, 0.15) is 36.1 Å². The molecule has 0 fully saturated rings. The molecule has 4 aromatic heterocycles. The second kappa shape index (κ2) is 13.5. The maximum atomic E-state index is 13.5. The van der Waals surface area contributed by atoms with Gasteiger partial charge in [0, 0.05) is 39.3 Å². The molecule has 11 heteroatoms. The molecule has 0 saturated heterocycles. The molecule has 7 aromatic rings. The smallest absolute Gasteiger partial charge is 0.254 e. The van der Waals surface area contributed by atoms with Crippen molar-refractivity contribution in [3.8, 4) is 28.6 Å². The molecular weight excluding hydrogens is 688 g/mol. The third kappa shape index (κ3) is 5.89. The van der Waals surface area contributed by atoms with E-state index in [1.165, 1.54) is 0 Å². The Morgan fingerprint density at radius 1 is 0.833 bits per heavy atom. The first kappa shape index (κ1) is 35.1. The van der Waals surface area contributed by atoms with Crippen LogP contribution in [-0.4, -0.2) is 39.8 Å². The molecule has 2 N–H and O–H groups in total. The largest absolute Gasteiger partial charge is 0.493 e. The number of aromatic nitrogens is 2. The third-order valence-electron chi connectivity index (χ3n) is 10.4. The van der Waals surface area contributed by atoms with E-state index in [4.69, 9.17) is 33.1 Å². The number of furan rings is 2. The lowest BCUT2D eigenvalue weighted by Crippen LogP contribution is -2.43. The van der Waals surface area contributed by atoms with Gasteiger partial charge in [0.05, 0.1) is 37.7 Å². The van der Waals surface area contributed by atoms with Crippen LogP contribution in [0.25, 0.3) is 44.2 Å². The Labute approximate surface area is 310 Å². The Morgan fingerprint density at radius 3 is 2.15 bits per heavy atom. The fourth-order valence-corrected chi connectivity index (χ4v) is 7.68. The molecule has 0 spiro atoms. The number of nitrogens with zero attached hydrogens (tertiary/aromatic N) is 2. The number of aliphatic hydroxyl groups excluding tert-OH is 1. The lowest BCUT2D eigenvalue weighted by atomic mass is 9.77. The molecule has 1 aliphatic heterocycles. The van der Waals surface area contributed by atoms with E-state index in [2.05, 4.69) is 0 Å². The molecule has 1 atom stereocenters. The van der Waals surface area contributed by atoms with Crippen molar-refractivity contribution in [2.24, 2.45) is 0 Å². The van der Waals surface area contributed by atoms with Crippen molar-refractivity contribution in [2.75, 3.05) is 14.2 Å². The second-order valence-electron chi connectivity index (χ2n) is 13.9. The third-order valence-corrected chi connectivity index (χ3v) is 10.4. The zero-order chi connectivity index (χ0) is 37.9. The summed E-state index contributed by atoms with van der Waals surface area (Å²) in [5.41, 5.74) is 5.77. The molecule has 54 heavy (non-hydrogen) atoms. The normalized spacial score (nSPS) is 15.9. The van der Waals surface area contributed by atoms with Gasteiger partial charge in [0.25, 0.3) is 5.56 Å². The van der Waals surface area contributed by atoms with Crippen molar-refractivity contribution >= 4 is 38.6 Å². The van der Waals surface area contributed by atoms with Crippen molar-refractivity contribution in [1.29, 1.82) is 0 Å². The lowest BCUT2D eigenvalue weighted by Gasteiger charge is -2.32. The van der Waals surface area contributed by atoms with Crippen LogP contribution in [0, 0.1) is 13.8 Å². The monoisotopic (exact) mass is 728 g/mol. The summed E-state index contributed by atoms with van der Waals surface area (Å²) in [4.78, 5) is 30.9. The average molecular weight is 729 g/mol. The van der Waals surface area contributed by atoms with Crippen LogP contribution in [0.15, 0.2) is 80.4 Å².